The molecule has 0 spiro atoms. The minimum absolute atomic E-state index is 0.0115. The molecule has 35 heavy (non-hydrogen) atoms. The fourth-order valence-corrected chi connectivity index (χ4v) is 3.77. The zero-order valence-corrected chi connectivity index (χ0v) is 19.5. The second-order valence-corrected chi connectivity index (χ2v) is 8.23. The third-order valence-electron chi connectivity index (χ3n) is 5.41. The summed E-state index contributed by atoms with van der Waals surface area (Å²) in [5.74, 6) is 0.332. The molecule has 3 N–H and O–H groups in total. The van der Waals surface area contributed by atoms with Crippen LogP contribution >= 0.6 is 0 Å². The van der Waals surface area contributed by atoms with Crippen LogP contribution < -0.4 is 30.3 Å². The van der Waals surface area contributed by atoms with Crippen LogP contribution in [0.4, 0.5) is 21.9 Å². The first-order valence-corrected chi connectivity index (χ1v) is 11.4. The van der Waals surface area contributed by atoms with Crippen LogP contribution in [0.3, 0.4) is 0 Å². The smallest absolute Gasteiger partial charge is 0.325 e. The van der Waals surface area contributed by atoms with Crippen molar-refractivity contribution in [2.75, 3.05) is 75.2 Å². The van der Waals surface area contributed by atoms with Crippen molar-refractivity contribution in [2.24, 2.45) is 0 Å². The summed E-state index contributed by atoms with van der Waals surface area (Å²) in [5.41, 5.74) is 2.21. The number of nitrogens with zero attached hydrogens (tertiary/aromatic N) is 2. The molecular formula is C24H29N5O6. The number of carbonyl (C=O) groups is 3. The third kappa shape index (κ3) is 7.08. The van der Waals surface area contributed by atoms with E-state index in [2.05, 4.69) is 20.9 Å². The second-order valence-electron chi connectivity index (χ2n) is 8.23. The molecule has 1 fully saturated rings. The van der Waals surface area contributed by atoms with Crippen LogP contribution in [0, 0.1) is 0 Å². The number of urea groups is 1. The number of fused-ring (bicyclic) bond motifs is 1. The number of morpholine rings is 1. The van der Waals surface area contributed by atoms with Gasteiger partial charge in [0, 0.05) is 36.2 Å². The first-order chi connectivity index (χ1) is 17.0. The molecule has 0 aliphatic carbocycles. The molecule has 0 unspecified atom stereocenters. The molecule has 1 saturated heterocycles. The first kappa shape index (κ1) is 24.3. The van der Waals surface area contributed by atoms with Gasteiger partial charge in [0.1, 0.15) is 13.2 Å². The topological polar surface area (TPSA) is 121 Å². The fourth-order valence-electron chi connectivity index (χ4n) is 3.77. The first-order valence-electron chi connectivity index (χ1n) is 11.4. The van der Waals surface area contributed by atoms with E-state index in [-0.39, 0.29) is 19.0 Å². The quantitative estimate of drug-likeness (QED) is 0.542. The Morgan fingerprint density at radius 3 is 2.23 bits per heavy atom. The summed E-state index contributed by atoms with van der Waals surface area (Å²) in [5, 5.41) is 7.65. The maximum atomic E-state index is 12.4. The zero-order valence-electron chi connectivity index (χ0n) is 19.5. The van der Waals surface area contributed by atoms with E-state index in [4.69, 9.17) is 14.2 Å². The Bertz CT molecular complexity index is 1050. The zero-order chi connectivity index (χ0) is 24.6. The lowest BCUT2D eigenvalue weighted by Crippen LogP contribution is -2.42. The van der Waals surface area contributed by atoms with Gasteiger partial charge >= 0.3 is 6.03 Å². The van der Waals surface area contributed by atoms with Crippen LogP contribution in [0.15, 0.2) is 42.5 Å². The summed E-state index contributed by atoms with van der Waals surface area (Å²) in [6, 6.07) is 11.9. The van der Waals surface area contributed by atoms with Gasteiger partial charge in [0.05, 0.1) is 26.3 Å². The Labute approximate surface area is 203 Å². The molecule has 0 saturated carbocycles. The molecule has 0 aromatic heterocycles. The molecule has 2 aromatic rings. The summed E-state index contributed by atoms with van der Waals surface area (Å²) in [4.78, 5) is 40.5. The van der Waals surface area contributed by atoms with Crippen molar-refractivity contribution in [3.63, 3.8) is 0 Å². The van der Waals surface area contributed by atoms with Gasteiger partial charge in [-0.05, 0) is 43.4 Å². The van der Waals surface area contributed by atoms with Gasteiger partial charge in [-0.3, -0.25) is 19.8 Å². The Balaban J connectivity index is 1.18. The van der Waals surface area contributed by atoms with Gasteiger partial charge in [0.25, 0.3) is 0 Å². The van der Waals surface area contributed by atoms with E-state index in [1.54, 1.807) is 25.2 Å². The van der Waals surface area contributed by atoms with Crippen LogP contribution in [0.5, 0.6) is 11.5 Å². The Morgan fingerprint density at radius 2 is 1.49 bits per heavy atom. The summed E-state index contributed by atoms with van der Waals surface area (Å²) >= 11 is 0. The summed E-state index contributed by atoms with van der Waals surface area (Å²) in [6.07, 6.45) is 0. The van der Waals surface area contributed by atoms with Crippen LogP contribution in [0.2, 0.25) is 0 Å². The highest BCUT2D eigenvalue weighted by molar-refractivity contribution is 6.02. The minimum Gasteiger partial charge on any atom is -0.486 e. The maximum absolute atomic E-state index is 12.4. The SMILES string of the molecule is CN(CC(=O)NC(=O)Nc1ccc2c(c1)OCCO2)CC(=O)Nc1ccc(N2CCOCC2)cc1. The van der Waals surface area contributed by atoms with E-state index in [9.17, 15) is 14.4 Å². The molecule has 2 heterocycles. The number of likely N-dealkylation sites (N-methyl/N-ethyl adjacent to an activating group) is 1. The van der Waals surface area contributed by atoms with E-state index in [0.29, 0.717) is 49.3 Å². The molecule has 2 aliphatic rings. The fraction of sp³-hybridized carbons (Fsp3) is 0.375. The van der Waals surface area contributed by atoms with Crippen molar-refractivity contribution in [2.45, 2.75) is 0 Å². The number of benzene rings is 2. The Morgan fingerprint density at radius 1 is 0.829 bits per heavy atom. The number of carbonyl (C=O) groups excluding carboxylic acids is 3. The number of nitrogens with one attached hydrogen (secondary N) is 3. The van der Waals surface area contributed by atoms with E-state index in [1.807, 2.05) is 24.3 Å². The normalized spacial score (nSPS) is 14.9. The van der Waals surface area contributed by atoms with Crippen molar-refractivity contribution in [1.82, 2.24) is 10.2 Å². The average molecular weight is 484 g/mol. The highest BCUT2D eigenvalue weighted by Gasteiger charge is 2.16. The number of hydrogen-bond donors (Lipinski definition) is 3. The summed E-state index contributed by atoms with van der Waals surface area (Å²) in [7, 11) is 1.62. The number of imide groups is 1. The van der Waals surface area contributed by atoms with E-state index in [1.165, 1.54) is 4.90 Å². The lowest BCUT2D eigenvalue weighted by molar-refractivity contribution is -0.122. The van der Waals surface area contributed by atoms with Gasteiger partial charge < -0.3 is 29.7 Å². The molecule has 0 bridgehead atoms. The van der Waals surface area contributed by atoms with E-state index in [0.717, 1.165) is 18.8 Å². The number of ether oxygens (including phenoxy) is 3. The molecule has 4 amide bonds. The van der Waals surface area contributed by atoms with Gasteiger partial charge in [-0.15, -0.1) is 0 Å². The lowest BCUT2D eigenvalue weighted by atomic mass is 10.2. The highest BCUT2D eigenvalue weighted by atomic mass is 16.6. The molecule has 11 nitrogen and oxygen atoms in total. The molecule has 0 atom stereocenters. The van der Waals surface area contributed by atoms with Crippen LogP contribution in [0.1, 0.15) is 0 Å². The van der Waals surface area contributed by atoms with Gasteiger partial charge in [0.2, 0.25) is 11.8 Å². The molecule has 2 aliphatic heterocycles. The Kier molecular flexibility index (Phi) is 8.01. The van der Waals surface area contributed by atoms with Gasteiger partial charge in [0.15, 0.2) is 11.5 Å². The maximum Gasteiger partial charge on any atom is 0.325 e. The number of hydrogen-bond acceptors (Lipinski definition) is 8. The van der Waals surface area contributed by atoms with Crippen molar-refractivity contribution in [3.8, 4) is 11.5 Å². The number of rotatable bonds is 7. The largest absolute Gasteiger partial charge is 0.486 e. The van der Waals surface area contributed by atoms with Crippen LogP contribution in [0.25, 0.3) is 0 Å². The van der Waals surface area contributed by atoms with Crippen molar-refractivity contribution < 1.29 is 28.6 Å². The standard InChI is InChI=1S/C24H29N5O6/c1-28(15-22(30)25-17-2-5-19(6-3-17)29-8-10-33-11-9-29)16-23(31)27-24(32)26-18-4-7-20-21(14-18)35-13-12-34-20/h2-7,14H,8-13,15-16H2,1H3,(H,25,30)(H2,26,27,31,32). The van der Waals surface area contributed by atoms with Crippen LogP contribution in [-0.4, -0.2) is 82.4 Å². The summed E-state index contributed by atoms with van der Waals surface area (Å²) in [6.45, 7) is 3.86. The molecule has 2 aromatic carbocycles. The predicted molar refractivity (Wildman–Crippen MR) is 130 cm³/mol. The molecule has 11 heteroatoms. The van der Waals surface area contributed by atoms with E-state index >= 15 is 0 Å². The minimum atomic E-state index is -0.676. The third-order valence-corrected chi connectivity index (χ3v) is 5.41. The van der Waals surface area contributed by atoms with Crippen molar-refractivity contribution in [1.29, 1.82) is 0 Å². The molecule has 186 valence electrons. The predicted octanol–water partition coefficient (Wildman–Crippen LogP) is 1.51. The average Bonchev–Trinajstić information content (AvgIpc) is 2.84. The molecular weight excluding hydrogens is 454 g/mol. The van der Waals surface area contributed by atoms with Gasteiger partial charge in [-0.25, -0.2) is 4.79 Å². The second kappa shape index (κ2) is 11.5. The molecule has 4 rings (SSSR count). The van der Waals surface area contributed by atoms with Crippen molar-refractivity contribution >= 4 is 34.9 Å². The lowest BCUT2D eigenvalue weighted by Gasteiger charge is -2.28. The van der Waals surface area contributed by atoms with Gasteiger partial charge in [-0.2, -0.15) is 0 Å². The summed E-state index contributed by atoms with van der Waals surface area (Å²) < 4.78 is 16.3. The number of amides is 4. The number of anilines is 3. The monoisotopic (exact) mass is 483 g/mol. The van der Waals surface area contributed by atoms with Gasteiger partial charge in [-0.1, -0.05) is 0 Å². The Hall–Kier alpha value is -3.83. The van der Waals surface area contributed by atoms with E-state index < -0.39 is 11.9 Å². The van der Waals surface area contributed by atoms with Crippen molar-refractivity contribution in [3.05, 3.63) is 42.5 Å². The highest BCUT2D eigenvalue weighted by Crippen LogP contribution is 2.32. The van der Waals surface area contributed by atoms with Crippen LogP contribution in [-0.2, 0) is 14.3 Å². The molecule has 0 radical (unpaired) electrons.